The first kappa shape index (κ1) is 11.6. The minimum Gasteiger partial charge on any atom is -0.396 e. The third-order valence-corrected chi connectivity index (χ3v) is 2.48. The highest BCUT2D eigenvalue weighted by Crippen LogP contribution is 2.18. The largest absolute Gasteiger partial charge is 0.396 e. The Hall–Kier alpha value is -1.85. The number of hydrogen-bond donors (Lipinski definition) is 1. The highest BCUT2D eigenvalue weighted by molar-refractivity contribution is 5.30. The van der Waals surface area contributed by atoms with E-state index in [2.05, 4.69) is 36.0 Å². The normalized spacial score (nSPS) is 12.0. The molecule has 0 saturated carbocycles. The van der Waals surface area contributed by atoms with Gasteiger partial charge in [0.2, 0.25) is 0 Å². The van der Waals surface area contributed by atoms with Crippen molar-refractivity contribution in [2.45, 2.75) is 32.7 Å². The van der Waals surface area contributed by atoms with Crippen LogP contribution >= 0.6 is 0 Å². The second kappa shape index (κ2) is 3.87. The summed E-state index contributed by atoms with van der Waals surface area (Å²) in [5, 5.41) is 8.55. The van der Waals surface area contributed by atoms with Crippen molar-refractivity contribution in [1.82, 2.24) is 24.5 Å². The molecule has 0 fully saturated rings. The summed E-state index contributed by atoms with van der Waals surface area (Å²) >= 11 is 0. The molecule has 0 spiro atoms. The monoisotopic (exact) mass is 234 g/mol. The van der Waals surface area contributed by atoms with Crippen LogP contribution in [0.1, 0.15) is 32.4 Å². The Bertz CT molecular complexity index is 516. The molecule has 2 heterocycles. The fourth-order valence-electron chi connectivity index (χ4n) is 1.48. The SMILES string of the molecule is Cn1nc(C(C)(C)C)nc1Cn1cc(N)cn1. The molecule has 0 amide bonds. The predicted molar refractivity (Wildman–Crippen MR) is 65.4 cm³/mol. The minimum absolute atomic E-state index is 0.0425. The van der Waals surface area contributed by atoms with Crippen molar-refractivity contribution in [3.8, 4) is 0 Å². The van der Waals surface area contributed by atoms with Crippen molar-refractivity contribution in [3.05, 3.63) is 24.0 Å². The number of aryl methyl sites for hydroxylation is 1. The number of nitrogens with zero attached hydrogens (tertiary/aromatic N) is 5. The van der Waals surface area contributed by atoms with Crippen LogP contribution in [0.15, 0.2) is 12.4 Å². The van der Waals surface area contributed by atoms with Gasteiger partial charge >= 0.3 is 0 Å². The van der Waals surface area contributed by atoms with E-state index in [9.17, 15) is 0 Å². The summed E-state index contributed by atoms with van der Waals surface area (Å²) in [7, 11) is 1.89. The molecule has 2 aromatic heterocycles. The quantitative estimate of drug-likeness (QED) is 0.839. The third kappa shape index (κ3) is 2.46. The molecule has 6 heteroatoms. The zero-order valence-electron chi connectivity index (χ0n) is 10.7. The number of nitrogens with two attached hydrogens (primary N) is 1. The van der Waals surface area contributed by atoms with Crippen LogP contribution in [-0.2, 0) is 19.0 Å². The molecule has 0 bridgehead atoms. The Kier molecular flexibility index (Phi) is 2.65. The van der Waals surface area contributed by atoms with E-state index in [4.69, 9.17) is 5.73 Å². The number of hydrogen-bond acceptors (Lipinski definition) is 4. The Balaban J connectivity index is 2.25. The summed E-state index contributed by atoms with van der Waals surface area (Å²) < 4.78 is 3.55. The maximum atomic E-state index is 5.62. The van der Waals surface area contributed by atoms with Gasteiger partial charge in [-0.2, -0.15) is 10.2 Å². The van der Waals surface area contributed by atoms with Crippen LogP contribution in [0, 0.1) is 0 Å². The lowest BCUT2D eigenvalue weighted by molar-refractivity contribution is 0.538. The van der Waals surface area contributed by atoms with Gasteiger partial charge < -0.3 is 5.73 Å². The van der Waals surface area contributed by atoms with Crippen LogP contribution in [0.25, 0.3) is 0 Å². The first-order chi connectivity index (χ1) is 7.86. The smallest absolute Gasteiger partial charge is 0.156 e. The Labute approximate surface area is 100 Å². The highest BCUT2D eigenvalue weighted by Gasteiger charge is 2.20. The van der Waals surface area contributed by atoms with Crippen LogP contribution < -0.4 is 5.73 Å². The van der Waals surface area contributed by atoms with Crippen molar-refractivity contribution >= 4 is 5.69 Å². The molecular formula is C11H18N6. The molecular weight excluding hydrogens is 216 g/mol. The van der Waals surface area contributed by atoms with E-state index < -0.39 is 0 Å². The molecule has 0 aliphatic rings. The molecule has 0 aromatic carbocycles. The maximum absolute atomic E-state index is 5.62. The standard InChI is InChI=1S/C11H18N6/c1-11(2,3)10-14-9(16(4)15-10)7-17-6-8(12)5-13-17/h5-6H,7,12H2,1-4H3. The zero-order chi connectivity index (χ0) is 12.6. The van der Waals surface area contributed by atoms with Crippen molar-refractivity contribution in [1.29, 1.82) is 0 Å². The van der Waals surface area contributed by atoms with E-state index in [-0.39, 0.29) is 5.41 Å². The predicted octanol–water partition coefficient (Wildman–Crippen LogP) is 0.940. The molecule has 0 unspecified atom stereocenters. The summed E-state index contributed by atoms with van der Waals surface area (Å²) in [6.45, 7) is 6.87. The fraction of sp³-hybridized carbons (Fsp3) is 0.545. The zero-order valence-corrected chi connectivity index (χ0v) is 10.7. The molecule has 2 N–H and O–H groups in total. The van der Waals surface area contributed by atoms with E-state index in [1.54, 1.807) is 21.8 Å². The lowest BCUT2D eigenvalue weighted by Gasteiger charge is -2.11. The molecule has 0 saturated heterocycles. The highest BCUT2D eigenvalue weighted by atomic mass is 15.4. The number of aromatic nitrogens is 5. The van der Waals surface area contributed by atoms with Gasteiger partial charge in [-0.15, -0.1) is 0 Å². The van der Waals surface area contributed by atoms with Gasteiger partial charge in [0.25, 0.3) is 0 Å². The van der Waals surface area contributed by atoms with Crippen molar-refractivity contribution in [2.24, 2.45) is 7.05 Å². The summed E-state index contributed by atoms with van der Waals surface area (Å²) in [5.74, 6) is 1.72. The first-order valence-electron chi connectivity index (χ1n) is 5.54. The Morgan fingerprint density at radius 3 is 2.53 bits per heavy atom. The molecule has 92 valence electrons. The van der Waals surface area contributed by atoms with Crippen LogP contribution in [0.5, 0.6) is 0 Å². The lowest BCUT2D eigenvalue weighted by atomic mass is 9.96. The van der Waals surface area contributed by atoms with Crippen LogP contribution in [0.2, 0.25) is 0 Å². The average Bonchev–Trinajstić information content (AvgIpc) is 2.74. The molecule has 2 rings (SSSR count). The van der Waals surface area contributed by atoms with E-state index in [0.717, 1.165) is 11.6 Å². The second-order valence-electron chi connectivity index (χ2n) is 5.20. The third-order valence-electron chi connectivity index (χ3n) is 2.48. The topological polar surface area (TPSA) is 74.5 Å². The average molecular weight is 234 g/mol. The van der Waals surface area contributed by atoms with Crippen LogP contribution in [0.4, 0.5) is 5.69 Å². The molecule has 17 heavy (non-hydrogen) atoms. The Morgan fingerprint density at radius 2 is 2.06 bits per heavy atom. The van der Waals surface area contributed by atoms with Gasteiger partial charge in [-0.25, -0.2) is 4.98 Å². The van der Waals surface area contributed by atoms with Gasteiger partial charge in [0, 0.05) is 18.7 Å². The lowest BCUT2D eigenvalue weighted by Crippen LogP contribution is -2.13. The van der Waals surface area contributed by atoms with E-state index in [1.165, 1.54) is 0 Å². The summed E-state index contributed by atoms with van der Waals surface area (Å²) in [4.78, 5) is 4.54. The summed E-state index contributed by atoms with van der Waals surface area (Å²) in [6, 6.07) is 0. The van der Waals surface area contributed by atoms with Gasteiger partial charge in [-0.1, -0.05) is 20.8 Å². The molecule has 0 aliphatic heterocycles. The van der Waals surface area contributed by atoms with Crippen LogP contribution in [-0.4, -0.2) is 24.5 Å². The minimum atomic E-state index is -0.0425. The van der Waals surface area contributed by atoms with Gasteiger partial charge in [-0.05, 0) is 0 Å². The molecule has 0 radical (unpaired) electrons. The van der Waals surface area contributed by atoms with Gasteiger partial charge in [0.15, 0.2) is 5.82 Å². The molecule has 0 aliphatic carbocycles. The Morgan fingerprint density at radius 1 is 1.35 bits per heavy atom. The number of anilines is 1. The first-order valence-corrected chi connectivity index (χ1v) is 5.54. The maximum Gasteiger partial charge on any atom is 0.156 e. The molecule has 2 aromatic rings. The van der Waals surface area contributed by atoms with Gasteiger partial charge in [0.05, 0.1) is 11.9 Å². The van der Waals surface area contributed by atoms with E-state index in [0.29, 0.717) is 12.2 Å². The van der Waals surface area contributed by atoms with Gasteiger partial charge in [-0.3, -0.25) is 9.36 Å². The molecule has 0 atom stereocenters. The van der Waals surface area contributed by atoms with Crippen molar-refractivity contribution in [2.75, 3.05) is 5.73 Å². The van der Waals surface area contributed by atoms with Crippen molar-refractivity contribution in [3.63, 3.8) is 0 Å². The second-order valence-corrected chi connectivity index (χ2v) is 5.20. The molecule has 6 nitrogen and oxygen atoms in total. The van der Waals surface area contributed by atoms with E-state index >= 15 is 0 Å². The van der Waals surface area contributed by atoms with Crippen LogP contribution in [0.3, 0.4) is 0 Å². The number of nitrogen functional groups attached to an aromatic ring is 1. The number of rotatable bonds is 2. The van der Waals surface area contributed by atoms with Gasteiger partial charge in [0.1, 0.15) is 12.4 Å². The summed E-state index contributed by atoms with van der Waals surface area (Å²) in [6.07, 6.45) is 3.41. The van der Waals surface area contributed by atoms with E-state index in [1.807, 2.05) is 7.05 Å². The fourth-order valence-corrected chi connectivity index (χ4v) is 1.48. The summed E-state index contributed by atoms with van der Waals surface area (Å²) in [5.41, 5.74) is 6.23. The van der Waals surface area contributed by atoms with Crippen molar-refractivity contribution < 1.29 is 0 Å².